The third-order valence-corrected chi connectivity index (χ3v) is 2.39. The Morgan fingerprint density at radius 2 is 2.33 bits per heavy atom. The van der Waals surface area contributed by atoms with Gasteiger partial charge in [0.2, 0.25) is 0 Å². The molecule has 0 aliphatic carbocycles. The Bertz CT molecular complexity index is 426. The van der Waals surface area contributed by atoms with E-state index < -0.39 is 0 Å². The highest BCUT2D eigenvalue weighted by Gasteiger charge is 2.09. The highest BCUT2D eigenvalue weighted by atomic mass is 32.1. The molecule has 1 rings (SSSR count). The molecule has 2 N–H and O–H groups in total. The average Bonchev–Trinajstić information content (AvgIpc) is 2.37. The molecule has 96 valence electrons. The average molecular weight is 262 g/mol. The van der Waals surface area contributed by atoms with E-state index in [4.69, 9.17) is 12.2 Å². The Hall–Kier alpha value is -1.75. The summed E-state index contributed by atoms with van der Waals surface area (Å²) in [6.45, 7) is 8.35. The minimum atomic E-state index is 0.259. The van der Waals surface area contributed by atoms with Crippen LogP contribution in [-0.4, -0.2) is 22.4 Å². The maximum absolute atomic E-state index is 5.08. The van der Waals surface area contributed by atoms with Crippen molar-refractivity contribution in [1.82, 2.24) is 15.7 Å². The smallest absolute Gasteiger partial charge is 0.187 e. The number of aromatic nitrogens is 1. The van der Waals surface area contributed by atoms with Crippen LogP contribution < -0.4 is 10.7 Å². The first-order valence-electron chi connectivity index (χ1n) is 5.79. The Labute approximate surface area is 113 Å². The van der Waals surface area contributed by atoms with Crippen LogP contribution in [0.15, 0.2) is 42.2 Å². The van der Waals surface area contributed by atoms with Gasteiger partial charge >= 0.3 is 0 Å². The van der Waals surface area contributed by atoms with Gasteiger partial charge in [-0.1, -0.05) is 26.0 Å². The molecule has 0 radical (unpaired) electrons. The van der Waals surface area contributed by atoms with Gasteiger partial charge in [-0.2, -0.15) is 5.10 Å². The molecule has 1 aromatic heterocycles. The lowest BCUT2D eigenvalue weighted by molar-refractivity contribution is 0.846. The number of pyridine rings is 1. The molecule has 1 aromatic rings. The molecule has 1 heterocycles. The molecular formula is C13H18N4S. The number of hydrazone groups is 1. The summed E-state index contributed by atoms with van der Waals surface area (Å²) in [5, 5.41) is 7.74. The lowest BCUT2D eigenvalue weighted by Crippen LogP contribution is -2.33. The summed E-state index contributed by atoms with van der Waals surface area (Å²) in [7, 11) is 0. The van der Waals surface area contributed by atoms with Gasteiger partial charge in [0.15, 0.2) is 5.11 Å². The summed E-state index contributed by atoms with van der Waals surface area (Å²) in [6.07, 6.45) is 3.49. The van der Waals surface area contributed by atoms with E-state index in [-0.39, 0.29) is 5.92 Å². The summed E-state index contributed by atoms with van der Waals surface area (Å²) in [4.78, 5) is 4.29. The van der Waals surface area contributed by atoms with Crippen molar-refractivity contribution in [2.24, 2.45) is 11.0 Å². The number of nitrogens with zero attached hydrogens (tertiary/aromatic N) is 2. The standard InChI is InChI=1S/C13H18N4S/c1-4-8-15-13(18)17-16-12(10(2)3)11-7-5-6-9-14-11/h4-7,9-10H,1,8H2,2-3H3,(H2,15,17,18). The van der Waals surface area contributed by atoms with Crippen LogP contribution in [0.3, 0.4) is 0 Å². The Morgan fingerprint density at radius 1 is 1.56 bits per heavy atom. The lowest BCUT2D eigenvalue weighted by Gasteiger charge is -2.11. The van der Waals surface area contributed by atoms with Crippen molar-refractivity contribution in [1.29, 1.82) is 0 Å². The molecule has 0 amide bonds. The molecule has 0 saturated carbocycles. The number of nitrogens with one attached hydrogen (secondary N) is 2. The van der Waals surface area contributed by atoms with Gasteiger partial charge in [-0.15, -0.1) is 6.58 Å². The zero-order chi connectivity index (χ0) is 13.4. The predicted octanol–water partition coefficient (Wildman–Crippen LogP) is 2.09. The van der Waals surface area contributed by atoms with Crippen LogP contribution in [0.4, 0.5) is 0 Å². The summed E-state index contributed by atoms with van der Waals surface area (Å²) in [5.41, 5.74) is 4.54. The Kier molecular flexibility index (Phi) is 6.00. The largest absolute Gasteiger partial charge is 0.358 e. The molecule has 0 fully saturated rings. The minimum Gasteiger partial charge on any atom is -0.358 e. The normalized spacial score (nSPS) is 11.2. The number of rotatable bonds is 5. The third kappa shape index (κ3) is 4.63. The molecule has 0 saturated heterocycles. The topological polar surface area (TPSA) is 49.3 Å². The third-order valence-electron chi connectivity index (χ3n) is 2.16. The lowest BCUT2D eigenvalue weighted by atomic mass is 10.1. The van der Waals surface area contributed by atoms with Crippen molar-refractivity contribution in [3.05, 3.63) is 42.7 Å². The second-order valence-corrected chi connectivity index (χ2v) is 4.39. The second-order valence-electron chi connectivity index (χ2n) is 3.98. The zero-order valence-corrected chi connectivity index (χ0v) is 11.5. The number of hydrogen-bond acceptors (Lipinski definition) is 3. The molecule has 0 aliphatic rings. The van der Waals surface area contributed by atoms with Crippen LogP contribution in [0.1, 0.15) is 19.5 Å². The van der Waals surface area contributed by atoms with Gasteiger partial charge < -0.3 is 5.32 Å². The Morgan fingerprint density at radius 3 is 2.89 bits per heavy atom. The van der Waals surface area contributed by atoms with Crippen LogP contribution in [0.2, 0.25) is 0 Å². The first-order valence-corrected chi connectivity index (χ1v) is 6.19. The Balaban J connectivity index is 2.74. The monoisotopic (exact) mass is 262 g/mol. The summed E-state index contributed by atoms with van der Waals surface area (Å²) in [5.74, 6) is 0.259. The number of thiocarbonyl (C=S) groups is 1. The predicted molar refractivity (Wildman–Crippen MR) is 79.5 cm³/mol. The molecule has 0 aliphatic heterocycles. The van der Waals surface area contributed by atoms with E-state index in [1.807, 2.05) is 18.2 Å². The van der Waals surface area contributed by atoms with Gasteiger partial charge in [0.25, 0.3) is 0 Å². The molecular weight excluding hydrogens is 244 g/mol. The quantitative estimate of drug-likeness (QED) is 0.369. The van der Waals surface area contributed by atoms with Gasteiger partial charge in [-0.05, 0) is 30.3 Å². The number of hydrogen-bond donors (Lipinski definition) is 2. The summed E-state index contributed by atoms with van der Waals surface area (Å²) in [6, 6.07) is 5.75. The molecule has 5 heteroatoms. The molecule has 0 spiro atoms. The first-order chi connectivity index (χ1) is 8.65. The van der Waals surface area contributed by atoms with Crippen LogP contribution in [0.25, 0.3) is 0 Å². The van der Waals surface area contributed by atoms with Crippen molar-refractivity contribution in [2.75, 3.05) is 6.54 Å². The minimum absolute atomic E-state index is 0.259. The van der Waals surface area contributed by atoms with Crippen molar-refractivity contribution in [3.8, 4) is 0 Å². The molecule has 0 unspecified atom stereocenters. The fourth-order valence-corrected chi connectivity index (χ4v) is 1.44. The fourth-order valence-electron chi connectivity index (χ4n) is 1.31. The van der Waals surface area contributed by atoms with Crippen molar-refractivity contribution in [3.63, 3.8) is 0 Å². The van der Waals surface area contributed by atoms with Crippen molar-refractivity contribution in [2.45, 2.75) is 13.8 Å². The molecule has 0 bridgehead atoms. The highest BCUT2D eigenvalue weighted by molar-refractivity contribution is 7.80. The van der Waals surface area contributed by atoms with Gasteiger partial charge in [0, 0.05) is 12.7 Å². The van der Waals surface area contributed by atoms with E-state index in [9.17, 15) is 0 Å². The van der Waals surface area contributed by atoms with Crippen LogP contribution in [0.5, 0.6) is 0 Å². The molecule has 18 heavy (non-hydrogen) atoms. The highest BCUT2D eigenvalue weighted by Crippen LogP contribution is 2.05. The van der Waals surface area contributed by atoms with Crippen molar-refractivity contribution >= 4 is 23.0 Å². The summed E-state index contributed by atoms with van der Waals surface area (Å²) >= 11 is 5.08. The fraction of sp³-hybridized carbons (Fsp3) is 0.308. The SMILES string of the molecule is C=CCNC(=S)NN=C(c1ccccn1)C(C)C. The first kappa shape index (κ1) is 14.3. The van der Waals surface area contributed by atoms with Gasteiger partial charge in [-0.3, -0.25) is 10.4 Å². The van der Waals surface area contributed by atoms with E-state index in [1.54, 1.807) is 12.3 Å². The van der Waals surface area contributed by atoms with E-state index in [2.05, 4.69) is 41.3 Å². The van der Waals surface area contributed by atoms with Crippen LogP contribution in [-0.2, 0) is 0 Å². The molecule has 0 atom stereocenters. The molecule has 4 nitrogen and oxygen atoms in total. The zero-order valence-electron chi connectivity index (χ0n) is 10.7. The second kappa shape index (κ2) is 7.55. The maximum Gasteiger partial charge on any atom is 0.187 e. The van der Waals surface area contributed by atoms with E-state index >= 15 is 0 Å². The van der Waals surface area contributed by atoms with Gasteiger partial charge in [0.1, 0.15) is 0 Å². The maximum atomic E-state index is 5.08. The van der Waals surface area contributed by atoms with Crippen molar-refractivity contribution < 1.29 is 0 Å². The van der Waals surface area contributed by atoms with Crippen LogP contribution in [0, 0.1) is 5.92 Å². The van der Waals surface area contributed by atoms with E-state index in [0.29, 0.717) is 11.7 Å². The molecule has 0 aromatic carbocycles. The summed E-state index contributed by atoms with van der Waals surface area (Å²) < 4.78 is 0. The van der Waals surface area contributed by atoms with Gasteiger partial charge in [0.05, 0.1) is 11.4 Å². The van der Waals surface area contributed by atoms with E-state index in [0.717, 1.165) is 11.4 Å². The van der Waals surface area contributed by atoms with E-state index in [1.165, 1.54) is 0 Å². The van der Waals surface area contributed by atoms with Crippen LogP contribution >= 0.6 is 12.2 Å². The van der Waals surface area contributed by atoms with Gasteiger partial charge in [-0.25, -0.2) is 0 Å².